The predicted molar refractivity (Wildman–Crippen MR) is 133 cm³/mol. The van der Waals surface area contributed by atoms with E-state index in [0.29, 0.717) is 48.6 Å². The van der Waals surface area contributed by atoms with Crippen LogP contribution in [-0.4, -0.2) is 60.2 Å². The Bertz CT molecular complexity index is 1400. The summed E-state index contributed by atoms with van der Waals surface area (Å²) in [6, 6.07) is 11.7. The van der Waals surface area contributed by atoms with Gasteiger partial charge >= 0.3 is 0 Å². The zero-order chi connectivity index (χ0) is 24.4. The van der Waals surface area contributed by atoms with E-state index < -0.39 is 0 Å². The minimum atomic E-state index is -0.0710. The third kappa shape index (κ3) is 4.66. The number of thioether (sulfide) groups is 1. The van der Waals surface area contributed by atoms with Crippen molar-refractivity contribution in [2.45, 2.75) is 18.5 Å². The molecule has 0 saturated heterocycles. The first kappa shape index (κ1) is 23.1. The monoisotopic (exact) mass is 494 g/mol. The normalized spacial score (nSPS) is 12.7. The van der Waals surface area contributed by atoms with Crippen molar-refractivity contribution in [2.75, 3.05) is 39.7 Å². The summed E-state index contributed by atoms with van der Waals surface area (Å²) in [5.74, 6) is 2.95. The molecule has 3 heterocycles. The van der Waals surface area contributed by atoms with Gasteiger partial charge in [-0.05, 0) is 48.7 Å². The van der Waals surface area contributed by atoms with Crippen molar-refractivity contribution in [3.05, 3.63) is 47.5 Å². The van der Waals surface area contributed by atoms with E-state index in [2.05, 4.69) is 21.6 Å². The van der Waals surface area contributed by atoms with Crippen LogP contribution in [0.2, 0.25) is 0 Å². The largest absolute Gasteiger partial charge is 0.493 e. The van der Waals surface area contributed by atoms with Crippen molar-refractivity contribution in [1.82, 2.24) is 19.9 Å². The maximum absolute atomic E-state index is 12.5. The van der Waals surface area contributed by atoms with Crippen LogP contribution in [0.5, 0.6) is 23.0 Å². The molecule has 0 unspecified atom stereocenters. The van der Waals surface area contributed by atoms with Crippen molar-refractivity contribution >= 4 is 34.2 Å². The number of hydrogen-bond donors (Lipinski definition) is 1. The van der Waals surface area contributed by atoms with Crippen LogP contribution in [-0.2, 0) is 11.2 Å². The number of rotatable bonds is 8. The minimum Gasteiger partial charge on any atom is -0.493 e. The molecular formula is C25H26N4O5S. The molecule has 182 valence electrons. The van der Waals surface area contributed by atoms with E-state index >= 15 is 0 Å². The molecule has 0 bridgehead atoms. The highest BCUT2D eigenvalue weighted by atomic mass is 32.2. The van der Waals surface area contributed by atoms with Gasteiger partial charge in [0.15, 0.2) is 33.8 Å². The number of benzene rings is 2. The zero-order valence-electron chi connectivity index (χ0n) is 19.8. The predicted octanol–water partition coefficient (Wildman–Crippen LogP) is 3.43. The summed E-state index contributed by atoms with van der Waals surface area (Å²) in [7, 11) is 3.21. The van der Waals surface area contributed by atoms with Gasteiger partial charge in [-0.1, -0.05) is 17.8 Å². The second kappa shape index (κ2) is 9.91. The summed E-state index contributed by atoms with van der Waals surface area (Å²) in [6.45, 7) is 3.56. The van der Waals surface area contributed by atoms with Crippen LogP contribution < -0.4 is 24.3 Å². The van der Waals surface area contributed by atoms with Crippen LogP contribution in [0, 0.1) is 6.92 Å². The molecule has 9 nitrogen and oxygen atoms in total. The molecule has 1 N–H and O–H groups in total. The number of hydrogen-bond acceptors (Lipinski definition) is 8. The molecule has 0 fully saturated rings. The number of fused-ring (bicyclic) bond motifs is 4. The van der Waals surface area contributed by atoms with Crippen molar-refractivity contribution in [1.29, 1.82) is 0 Å². The molecule has 35 heavy (non-hydrogen) atoms. The topological polar surface area (TPSA) is 96.2 Å². The smallest absolute Gasteiger partial charge is 0.230 e. The van der Waals surface area contributed by atoms with Crippen molar-refractivity contribution in [3.63, 3.8) is 0 Å². The molecule has 4 aromatic rings. The average molecular weight is 495 g/mol. The van der Waals surface area contributed by atoms with E-state index in [0.717, 1.165) is 33.4 Å². The fourth-order valence-corrected chi connectivity index (χ4v) is 4.88. The Labute approximate surface area is 206 Å². The van der Waals surface area contributed by atoms with Crippen LogP contribution in [0.4, 0.5) is 0 Å². The second-order valence-corrected chi connectivity index (χ2v) is 9.04. The fraction of sp³-hybridized carbons (Fsp3) is 0.320. The van der Waals surface area contributed by atoms with Crippen molar-refractivity contribution in [3.8, 4) is 23.0 Å². The Kier molecular flexibility index (Phi) is 6.54. The standard InChI is InChI=1S/C25H26N4O5S/c1-15-10-17-12-21-22(34-9-8-33-21)13-18(17)29-24(15)27-28-25(29)35-14-23(30)26-7-6-16-4-5-19(31-2)20(11-16)32-3/h4-5,10-13H,6-9,14H2,1-3H3,(H,26,30). The number of aromatic nitrogens is 3. The lowest BCUT2D eigenvalue weighted by Gasteiger charge is -2.19. The maximum Gasteiger partial charge on any atom is 0.230 e. The maximum atomic E-state index is 12.5. The van der Waals surface area contributed by atoms with Gasteiger partial charge in [-0.15, -0.1) is 10.2 Å². The summed E-state index contributed by atoms with van der Waals surface area (Å²) in [5, 5.41) is 13.3. The minimum absolute atomic E-state index is 0.0710. The van der Waals surface area contributed by atoms with Crippen molar-refractivity contribution in [2.24, 2.45) is 0 Å². The number of amides is 1. The van der Waals surface area contributed by atoms with E-state index in [-0.39, 0.29) is 11.7 Å². The molecule has 1 aliphatic rings. The van der Waals surface area contributed by atoms with Gasteiger partial charge in [0, 0.05) is 18.0 Å². The molecule has 5 rings (SSSR count). The fourth-order valence-electron chi connectivity index (χ4n) is 4.10. The summed E-state index contributed by atoms with van der Waals surface area (Å²) < 4.78 is 24.1. The Balaban J connectivity index is 1.27. The van der Waals surface area contributed by atoms with E-state index in [1.54, 1.807) is 14.2 Å². The van der Waals surface area contributed by atoms with Crippen LogP contribution >= 0.6 is 11.8 Å². The summed E-state index contributed by atoms with van der Waals surface area (Å²) in [4.78, 5) is 12.5. The SMILES string of the molecule is COc1ccc(CCNC(=O)CSc2nnc3c(C)cc4cc5c(cc4n23)OCCO5)cc1OC. The summed E-state index contributed by atoms with van der Waals surface area (Å²) in [6.07, 6.45) is 0.682. The van der Waals surface area contributed by atoms with Crippen LogP contribution in [0.25, 0.3) is 16.6 Å². The Morgan fingerprint density at radius 3 is 2.60 bits per heavy atom. The lowest BCUT2D eigenvalue weighted by atomic mass is 10.1. The Morgan fingerprint density at radius 2 is 1.83 bits per heavy atom. The highest BCUT2D eigenvalue weighted by molar-refractivity contribution is 7.99. The molecule has 2 aromatic heterocycles. The first-order chi connectivity index (χ1) is 17.1. The first-order valence-corrected chi connectivity index (χ1v) is 12.2. The second-order valence-electron chi connectivity index (χ2n) is 8.10. The molecule has 1 aliphatic heterocycles. The molecule has 0 spiro atoms. The average Bonchev–Trinajstić information content (AvgIpc) is 3.31. The molecule has 2 aromatic carbocycles. The number of nitrogens with zero attached hydrogens (tertiary/aromatic N) is 3. The van der Waals surface area contributed by atoms with Gasteiger partial charge in [0.1, 0.15) is 13.2 Å². The van der Waals surface area contributed by atoms with Gasteiger partial charge in [0.25, 0.3) is 0 Å². The van der Waals surface area contributed by atoms with Crippen molar-refractivity contribution < 1.29 is 23.7 Å². The van der Waals surface area contributed by atoms with E-state index in [1.807, 2.05) is 41.7 Å². The zero-order valence-corrected chi connectivity index (χ0v) is 20.6. The summed E-state index contributed by atoms with van der Waals surface area (Å²) >= 11 is 1.35. The molecule has 0 aliphatic carbocycles. The lowest BCUT2D eigenvalue weighted by Crippen LogP contribution is -2.27. The number of pyridine rings is 1. The van der Waals surface area contributed by atoms with Gasteiger partial charge in [-0.2, -0.15) is 0 Å². The highest BCUT2D eigenvalue weighted by Gasteiger charge is 2.18. The Morgan fingerprint density at radius 1 is 1.06 bits per heavy atom. The van der Waals surface area contributed by atoms with Gasteiger partial charge in [-0.3, -0.25) is 9.20 Å². The quantitative estimate of drug-likeness (QED) is 0.372. The van der Waals surface area contributed by atoms with E-state index in [1.165, 1.54) is 11.8 Å². The molecule has 0 radical (unpaired) electrons. The van der Waals surface area contributed by atoms with E-state index in [9.17, 15) is 4.79 Å². The summed E-state index contributed by atoms with van der Waals surface area (Å²) in [5.41, 5.74) is 3.71. The van der Waals surface area contributed by atoms with Crippen LogP contribution in [0.1, 0.15) is 11.1 Å². The number of ether oxygens (including phenoxy) is 4. The lowest BCUT2D eigenvalue weighted by molar-refractivity contribution is -0.118. The number of nitrogens with one attached hydrogen (secondary N) is 1. The number of carbonyl (C=O) groups excluding carboxylic acids is 1. The number of carbonyl (C=O) groups is 1. The molecular weight excluding hydrogens is 468 g/mol. The van der Waals surface area contributed by atoms with E-state index in [4.69, 9.17) is 18.9 Å². The van der Waals surface area contributed by atoms with Crippen LogP contribution in [0.3, 0.4) is 0 Å². The molecule has 10 heteroatoms. The third-order valence-electron chi connectivity index (χ3n) is 5.81. The highest BCUT2D eigenvalue weighted by Crippen LogP contribution is 2.36. The molecule has 0 atom stereocenters. The molecule has 0 saturated carbocycles. The third-order valence-corrected chi connectivity index (χ3v) is 6.74. The first-order valence-electron chi connectivity index (χ1n) is 11.3. The van der Waals surface area contributed by atoms with Gasteiger partial charge < -0.3 is 24.3 Å². The van der Waals surface area contributed by atoms with Gasteiger partial charge in [-0.25, -0.2) is 0 Å². The van der Waals surface area contributed by atoms with Gasteiger partial charge in [0.05, 0.1) is 25.5 Å². The van der Waals surface area contributed by atoms with Crippen LogP contribution in [0.15, 0.2) is 41.6 Å². The molecule has 1 amide bonds. The number of aryl methyl sites for hydroxylation is 1. The number of methoxy groups -OCH3 is 2. The van der Waals surface area contributed by atoms with Gasteiger partial charge in [0.2, 0.25) is 5.91 Å². The Hall–Kier alpha value is -3.66.